The van der Waals surface area contributed by atoms with Gasteiger partial charge in [0.1, 0.15) is 12.4 Å². The second-order valence-corrected chi connectivity index (χ2v) is 5.96. The van der Waals surface area contributed by atoms with Crippen LogP contribution < -0.4 is 20.9 Å². The number of fused-ring (bicyclic) bond motifs is 3. The number of ether oxygens (including phenoxy) is 1. The number of guanidine groups is 1. The minimum Gasteiger partial charge on any atom is -0.489 e. The Balaban J connectivity index is 0.000000214. The van der Waals surface area contributed by atoms with Gasteiger partial charge in [0.05, 0.1) is 0 Å². The minimum absolute atomic E-state index is 0.329. The number of nitrogens with zero attached hydrogens (tertiary/aromatic N) is 1. The minimum atomic E-state index is -4.10. The first-order valence-electron chi connectivity index (χ1n) is 6.80. The third kappa shape index (κ3) is 5.71. The molecular weight excluding hydrogens is 332 g/mol. The first-order chi connectivity index (χ1) is 11.3. The number of carbonyl (C=O) groups is 1. The molecule has 0 saturated heterocycles. The van der Waals surface area contributed by atoms with Crippen LogP contribution in [0.4, 0.5) is 0 Å². The van der Waals surface area contributed by atoms with Crippen LogP contribution in [0.15, 0.2) is 59.0 Å². The van der Waals surface area contributed by atoms with Crippen molar-refractivity contribution in [2.75, 3.05) is 0 Å². The molecule has 4 rings (SSSR count). The van der Waals surface area contributed by atoms with Gasteiger partial charge in [-0.3, -0.25) is 10.1 Å². The molecule has 5 N–H and O–H groups in total. The van der Waals surface area contributed by atoms with Crippen molar-refractivity contribution in [2.45, 2.75) is 6.61 Å². The molecular formula is C15H16N4O4S. The molecule has 2 aliphatic rings. The van der Waals surface area contributed by atoms with Crippen LogP contribution in [-0.4, -0.2) is 20.3 Å². The van der Waals surface area contributed by atoms with Crippen molar-refractivity contribution in [3.8, 4) is 5.75 Å². The fraction of sp³-hybridized carbons (Fsp3) is 0.0667. The summed E-state index contributed by atoms with van der Waals surface area (Å²) in [4.78, 5) is 11.4. The van der Waals surface area contributed by atoms with E-state index < -0.39 is 22.1 Å². The Morgan fingerprint density at radius 1 is 1.08 bits per heavy atom. The van der Waals surface area contributed by atoms with Gasteiger partial charge in [0.15, 0.2) is 0 Å². The average molecular weight is 348 g/mol. The molecule has 0 aliphatic carbocycles. The zero-order valence-corrected chi connectivity index (χ0v) is 13.4. The number of amides is 1. The number of benzene rings is 2. The molecule has 8 nitrogen and oxygen atoms in total. The maximum atomic E-state index is 11.4. The summed E-state index contributed by atoms with van der Waals surface area (Å²) >= 11 is 0. The van der Waals surface area contributed by atoms with Gasteiger partial charge in [-0.25, -0.2) is 5.14 Å². The molecule has 2 aromatic rings. The van der Waals surface area contributed by atoms with Crippen LogP contribution in [0.25, 0.3) is 0 Å². The molecule has 2 aliphatic heterocycles. The molecule has 24 heavy (non-hydrogen) atoms. The molecule has 9 heteroatoms. The molecule has 2 aromatic carbocycles. The number of rotatable bonds is 2. The molecule has 0 fully saturated rings. The maximum absolute atomic E-state index is 11.4. The van der Waals surface area contributed by atoms with Gasteiger partial charge in [0, 0.05) is 5.56 Å². The lowest BCUT2D eigenvalue weighted by molar-refractivity contribution is 0.0977. The van der Waals surface area contributed by atoms with Gasteiger partial charge in [-0.05, 0) is 29.8 Å². The summed E-state index contributed by atoms with van der Waals surface area (Å²) < 4.78 is 29.1. The van der Waals surface area contributed by atoms with E-state index in [0.29, 0.717) is 5.56 Å². The molecule has 0 spiro atoms. The monoisotopic (exact) mass is 348 g/mol. The standard InChI is InChI=1S/C8H10N4O3S.C7H6O/c9-8(12-16(10,14)15)11-7(13)6-4-2-1-3-5-6;1-3-7-4-2-6(1)5-8-7/h1-5H,(H2,10,14,15)(H3,9,11,12,13);1-4H,5H2. The van der Waals surface area contributed by atoms with E-state index in [-0.39, 0.29) is 0 Å². The van der Waals surface area contributed by atoms with E-state index in [4.69, 9.17) is 10.5 Å². The predicted octanol–water partition coefficient (Wildman–Crippen LogP) is 0.514. The molecule has 0 unspecified atom stereocenters. The van der Waals surface area contributed by atoms with Gasteiger partial charge in [-0.2, -0.15) is 8.42 Å². The first-order valence-corrected chi connectivity index (χ1v) is 8.30. The number of hydrogen-bond donors (Lipinski definition) is 3. The highest BCUT2D eigenvalue weighted by molar-refractivity contribution is 7.88. The van der Waals surface area contributed by atoms with E-state index >= 15 is 0 Å². The van der Waals surface area contributed by atoms with Crippen molar-refractivity contribution in [1.29, 1.82) is 0 Å². The zero-order chi connectivity index (χ0) is 17.6. The lowest BCUT2D eigenvalue weighted by Gasteiger charge is -2.11. The molecule has 0 aromatic heterocycles. The molecule has 126 valence electrons. The van der Waals surface area contributed by atoms with E-state index in [1.165, 1.54) is 5.56 Å². The van der Waals surface area contributed by atoms with E-state index in [9.17, 15) is 13.2 Å². The van der Waals surface area contributed by atoms with Crippen molar-refractivity contribution in [3.63, 3.8) is 0 Å². The lowest BCUT2D eigenvalue weighted by atomic mass is 10.2. The summed E-state index contributed by atoms with van der Waals surface area (Å²) in [7, 11) is -4.10. The van der Waals surface area contributed by atoms with Crippen LogP contribution in [0.1, 0.15) is 15.9 Å². The molecule has 0 atom stereocenters. The molecule has 0 radical (unpaired) electrons. The first kappa shape index (κ1) is 17.4. The second-order valence-electron chi connectivity index (χ2n) is 4.74. The van der Waals surface area contributed by atoms with E-state index in [1.807, 2.05) is 12.1 Å². The largest absolute Gasteiger partial charge is 0.489 e. The second kappa shape index (κ2) is 7.57. The Morgan fingerprint density at radius 3 is 2.08 bits per heavy atom. The number of nitrogens with two attached hydrogens (primary N) is 2. The van der Waals surface area contributed by atoms with E-state index in [0.717, 1.165) is 12.4 Å². The smallest absolute Gasteiger partial charge is 0.320 e. The van der Waals surface area contributed by atoms with E-state index in [1.54, 1.807) is 30.3 Å². The van der Waals surface area contributed by atoms with Gasteiger partial charge < -0.3 is 10.5 Å². The summed E-state index contributed by atoms with van der Waals surface area (Å²) in [5.41, 5.74) is 6.75. The Kier molecular flexibility index (Phi) is 5.51. The van der Waals surface area contributed by atoms with Crippen LogP contribution in [0.3, 0.4) is 0 Å². The molecule has 2 bridgehead atoms. The number of nitrogens with one attached hydrogen (secondary N) is 1. The Bertz CT molecular complexity index is 811. The van der Waals surface area contributed by atoms with Crippen LogP contribution >= 0.6 is 0 Å². The van der Waals surface area contributed by atoms with Gasteiger partial charge in [-0.15, -0.1) is 4.40 Å². The summed E-state index contributed by atoms with van der Waals surface area (Å²) in [6, 6.07) is 16.3. The Hall–Kier alpha value is -2.91. The normalized spacial score (nSPS) is 12.6. The van der Waals surface area contributed by atoms with Crippen molar-refractivity contribution in [2.24, 2.45) is 15.3 Å². The maximum Gasteiger partial charge on any atom is 0.320 e. The molecule has 2 heterocycles. The fourth-order valence-electron chi connectivity index (χ4n) is 1.79. The Morgan fingerprint density at radius 2 is 1.71 bits per heavy atom. The lowest BCUT2D eigenvalue weighted by Crippen LogP contribution is -2.38. The number of carbonyl (C=O) groups excluding carboxylic acids is 1. The third-order valence-electron chi connectivity index (χ3n) is 2.83. The summed E-state index contributed by atoms with van der Waals surface area (Å²) in [6.07, 6.45) is 0. The number of hydrogen-bond acceptors (Lipinski definition) is 4. The van der Waals surface area contributed by atoms with Crippen molar-refractivity contribution in [1.82, 2.24) is 5.32 Å². The molecule has 0 saturated carbocycles. The predicted molar refractivity (Wildman–Crippen MR) is 89.4 cm³/mol. The van der Waals surface area contributed by atoms with Gasteiger partial charge in [0.2, 0.25) is 5.96 Å². The van der Waals surface area contributed by atoms with Crippen molar-refractivity contribution >= 4 is 22.1 Å². The SMILES string of the molecule is NC(=NS(N)(=O)=O)NC(=O)c1ccccc1.c1cc2ccc1CO2. The summed E-state index contributed by atoms with van der Waals surface area (Å²) in [6.45, 7) is 0.766. The summed E-state index contributed by atoms with van der Waals surface area (Å²) in [5, 5.41) is 6.69. The highest BCUT2D eigenvalue weighted by Gasteiger charge is 2.07. The van der Waals surface area contributed by atoms with Gasteiger partial charge in [-0.1, -0.05) is 30.3 Å². The zero-order valence-electron chi connectivity index (χ0n) is 12.5. The highest BCUT2D eigenvalue weighted by atomic mass is 32.2. The topological polar surface area (TPSA) is 137 Å². The van der Waals surface area contributed by atoms with Crippen LogP contribution in [0, 0.1) is 0 Å². The van der Waals surface area contributed by atoms with Crippen molar-refractivity contribution in [3.05, 3.63) is 65.7 Å². The molecule has 1 amide bonds. The van der Waals surface area contributed by atoms with E-state index in [2.05, 4.69) is 27.0 Å². The fourth-order valence-corrected chi connectivity index (χ4v) is 2.11. The Labute approximate surface area is 139 Å². The van der Waals surface area contributed by atoms with Gasteiger partial charge >= 0.3 is 10.2 Å². The highest BCUT2D eigenvalue weighted by Crippen LogP contribution is 2.19. The quantitative estimate of drug-likeness (QED) is 0.536. The van der Waals surface area contributed by atoms with Crippen molar-refractivity contribution < 1.29 is 17.9 Å². The average Bonchev–Trinajstić information content (AvgIpc) is 2.56. The van der Waals surface area contributed by atoms with Crippen LogP contribution in [0.5, 0.6) is 5.75 Å². The summed E-state index contributed by atoms with van der Waals surface area (Å²) in [5.74, 6) is -0.151. The third-order valence-corrected chi connectivity index (χ3v) is 3.28. The van der Waals surface area contributed by atoms with Crippen LogP contribution in [-0.2, 0) is 16.8 Å². The van der Waals surface area contributed by atoms with Gasteiger partial charge in [0.25, 0.3) is 5.91 Å². The van der Waals surface area contributed by atoms with Crippen LogP contribution in [0.2, 0.25) is 0 Å².